The topological polar surface area (TPSA) is 44.1 Å². The Bertz CT molecular complexity index is 909. The second kappa shape index (κ2) is 7.79. The highest BCUT2D eigenvalue weighted by molar-refractivity contribution is 6.07. The Morgan fingerprint density at radius 1 is 1.20 bits per heavy atom. The Labute approximate surface area is 147 Å². The number of aromatic nitrogens is 2. The highest BCUT2D eigenvalue weighted by Gasteiger charge is 2.09. The second-order valence-electron chi connectivity index (χ2n) is 5.89. The van der Waals surface area contributed by atoms with Crippen LogP contribution < -0.4 is 4.74 Å². The Balaban J connectivity index is 1.90. The lowest BCUT2D eigenvalue weighted by molar-refractivity contribution is 0.104. The quantitative estimate of drug-likeness (QED) is 0.463. The van der Waals surface area contributed by atoms with E-state index in [1.54, 1.807) is 31.4 Å². The number of ketones is 1. The number of methoxy groups -OCH3 is 1. The van der Waals surface area contributed by atoms with E-state index in [0.717, 1.165) is 36.2 Å². The SMILES string of the molecule is CCCCn1c(/C=C/C(=O)c2cccc(OC)c2)nc2ccccc21. The van der Waals surface area contributed by atoms with E-state index in [0.29, 0.717) is 11.3 Å². The molecule has 25 heavy (non-hydrogen) atoms. The van der Waals surface area contributed by atoms with Crippen molar-refractivity contribution in [3.8, 4) is 5.75 Å². The second-order valence-corrected chi connectivity index (χ2v) is 5.89. The van der Waals surface area contributed by atoms with Crippen LogP contribution in [0.3, 0.4) is 0 Å². The number of unbranched alkanes of at least 4 members (excludes halogenated alkanes) is 1. The maximum Gasteiger partial charge on any atom is 0.186 e. The minimum absolute atomic E-state index is 0.0620. The molecular weight excluding hydrogens is 312 g/mol. The molecule has 0 aliphatic carbocycles. The summed E-state index contributed by atoms with van der Waals surface area (Å²) >= 11 is 0. The number of para-hydroxylation sites is 2. The number of allylic oxidation sites excluding steroid dienone is 1. The van der Waals surface area contributed by atoms with Crippen LogP contribution >= 0.6 is 0 Å². The van der Waals surface area contributed by atoms with Crippen LogP contribution in [0.5, 0.6) is 5.75 Å². The molecular formula is C21H22N2O2. The van der Waals surface area contributed by atoms with Gasteiger partial charge in [-0.1, -0.05) is 37.6 Å². The Morgan fingerprint density at radius 3 is 2.84 bits per heavy atom. The molecule has 0 bridgehead atoms. The average molecular weight is 334 g/mol. The van der Waals surface area contributed by atoms with Crippen molar-refractivity contribution < 1.29 is 9.53 Å². The van der Waals surface area contributed by atoms with Gasteiger partial charge in [0.15, 0.2) is 5.78 Å². The summed E-state index contributed by atoms with van der Waals surface area (Å²) < 4.78 is 7.35. The molecule has 3 aromatic rings. The van der Waals surface area contributed by atoms with Gasteiger partial charge in [0.25, 0.3) is 0 Å². The molecule has 0 unspecified atom stereocenters. The van der Waals surface area contributed by atoms with Crippen LogP contribution in [0, 0.1) is 0 Å². The lowest BCUT2D eigenvalue weighted by Gasteiger charge is -2.05. The summed E-state index contributed by atoms with van der Waals surface area (Å²) in [6, 6.07) is 15.2. The fraction of sp³-hybridized carbons (Fsp3) is 0.238. The highest BCUT2D eigenvalue weighted by atomic mass is 16.5. The molecule has 0 atom stereocenters. The van der Waals surface area contributed by atoms with E-state index in [1.165, 1.54) is 0 Å². The molecule has 0 saturated heterocycles. The van der Waals surface area contributed by atoms with Gasteiger partial charge in [0.2, 0.25) is 0 Å². The van der Waals surface area contributed by atoms with Crippen LogP contribution in [0.15, 0.2) is 54.6 Å². The van der Waals surface area contributed by atoms with Crippen LogP contribution in [0.4, 0.5) is 0 Å². The van der Waals surface area contributed by atoms with E-state index in [-0.39, 0.29) is 5.78 Å². The fourth-order valence-corrected chi connectivity index (χ4v) is 2.80. The van der Waals surface area contributed by atoms with Crippen LogP contribution in [0.1, 0.15) is 35.9 Å². The number of rotatable bonds is 7. The normalized spacial score (nSPS) is 11.3. The van der Waals surface area contributed by atoms with Gasteiger partial charge in [0.05, 0.1) is 18.1 Å². The molecule has 1 heterocycles. The first kappa shape index (κ1) is 17.0. The van der Waals surface area contributed by atoms with E-state index < -0.39 is 0 Å². The van der Waals surface area contributed by atoms with E-state index in [4.69, 9.17) is 4.74 Å². The van der Waals surface area contributed by atoms with Crippen molar-refractivity contribution in [3.05, 3.63) is 66.0 Å². The van der Waals surface area contributed by atoms with Gasteiger partial charge in [-0.15, -0.1) is 0 Å². The molecule has 128 valence electrons. The lowest BCUT2D eigenvalue weighted by atomic mass is 10.1. The van der Waals surface area contributed by atoms with Crippen molar-refractivity contribution in [2.24, 2.45) is 0 Å². The monoisotopic (exact) mass is 334 g/mol. The zero-order valence-corrected chi connectivity index (χ0v) is 14.6. The first-order valence-corrected chi connectivity index (χ1v) is 8.54. The summed E-state index contributed by atoms with van der Waals surface area (Å²) in [5.41, 5.74) is 2.66. The van der Waals surface area contributed by atoms with Crippen molar-refractivity contribution in [2.45, 2.75) is 26.3 Å². The van der Waals surface area contributed by atoms with Crippen molar-refractivity contribution in [1.82, 2.24) is 9.55 Å². The van der Waals surface area contributed by atoms with Gasteiger partial charge < -0.3 is 9.30 Å². The molecule has 1 aromatic heterocycles. The number of carbonyl (C=O) groups is 1. The van der Waals surface area contributed by atoms with E-state index >= 15 is 0 Å². The number of hydrogen-bond donors (Lipinski definition) is 0. The number of imidazole rings is 1. The molecule has 0 aliphatic heterocycles. The van der Waals surface area contributed by atoms with Crippen molar-refractivity contribution >= 4 is 22.9 Å². The van der Waals surface area contributed by atoms with E-state index in [2.05, 4.69) is 22.5 Å². The third-order valence-electron chi connectivity index (χ3n) is 4.16. The summed E-state index contributed by atoms with van der Waals surface area (Å²) in [6.45, 7) is 3.06. The fourth-order valence-electron chi connectivity index (χ4n) is 2.80. The van der Waals surface area contributed by atoms with Crippen molar-refractivity contribution in [1.29, 1.82) is 0 Å². The van der Waals surface area contributed by atoms with Crippen molar-refractivity contribution in [3.63, 3.8) is 0 Å². The van der Waals surface area contributed by atoms with Crippen LogP contribution in [0.2, 0.25) is 0 Å². The first-order valence-electron chi connectivity index (χ1n) is 8.54. The predicted molar refractivity (Wildman–Crippen MR) is 101 cm³/mol. The maximum absolute atomic E-state index is 12.4. The first-order chi connectivity index (χ1) is 12.2. The largest absolute Gasteiger partial charge is 0.497 e. The molecule has 4 heteroatoms. The van der Waals surface area contributed by atoms with E-state index in [9.17, 15) is 4.79 Å². The zero-order valence-electron chi connectivity index (χ0n) is 14.6. The lowest BCUT2D eigenvalue weighted by Crippen LogP contribution is -2.01. The third-order valence-corrected chi connectivity index (χ3v) is 4.16. The molecule has 2 aromatic carbocycles. The summed E-state index contributed by atoms with van der Waals surface area (Å²) in [4.78, 5) is 17.1. The van der Waals surface area contributed by atoms with Gasteiger partial charge in [0.1, 0.15) is 11.6 Å². The number of carbonyl (C=O) groups excluding carboxylic acids is 1. The summed E-state index contributed by atoms with van der Waals surface area (Å²) in [5, 5.41) is 0. The number of aryl methyl sites for hydroxylation is 1. The minimum Gasteiger partial charge on any atom is -0.497 e. The maximum atomic E-state index is 12.4. The number of fused-ring (bicyclic) bond motifs is 1. The smallest absolute Gasteiger partial charge is 0.186 e. The molecule has 0 saturated carbocycles. The summed E-state index contributed by atoms with van der Waals surface area (Å²) in [6.07, 6.45) is 5.57. The molecule has 0 spiro atoms. The van der Waals surface area contributed by atoms with E-state index in [1.807, 2.05) is 30.3 Å². The van der Waals surface area contributed by atoms with Crippen LogP contribution in [-0.4, -0.2) is 22.4 Å². The standard InChI is InChI=1S/C21H22N2O2/c1-3-4-14-23-19-11-6-5-10-18(19)22-21(23)13-12-20(24)16-8-7-9-17(15-16)25-2/h5-13,15H,3-4,14H2,1-2H3/b13-12+. The molecule has 0 N–H and O–H groups in total. The number of hydrogen-bond acceptors (Lipinski definition) is 3. The van der Waals surface area contributed by atoms with Crippen LogP contribution in [0.25, 0.3) is 17.1 Å². The highest BCUT2D eigenvalue weighted by Crippen LogP contribution is 2.19. The number of nitrogens with zero attached hydrogens (tertiary/aromatic N) is 2. The van der Waals surface area contributed by atoms with Gasteiger partial charge in [-0.05, 0) is 42.8 Å². The molecule has 3 rings (SSSR count). The zero-order chi connectivity index (χ0) is 17.6. The van der Waals surface area contributed by atoms with Gasteiger partial charge >= 0.3 is 0 Å². The number of ether oxygens (including phenoxy) is 1. The Morgan fingerprint density at radius 2 is 2.04 bits per heavy atom. The van der Waals surface area contributed by atoms with Crippen molar-refractivity contribution in [2.75, 3.05) is 7.11 Å². The van der Waals surface area contributed by atoms with Gasteiger partial charge in [-0.25, -0.2) is 4.98 Å². The molecule has 4 nitrogen and oxygen atoms in total. The van der Waals surface area contributed by atoms with Gasteiger partial charge in [0, 0.05) is 12.1 Å². The summed E-state index contributed by atoms with van der Waals surface area (Å²) in [7, 11) is 1.59. The Hall–Kier alpha value is -2.88. The third kappa shape index (κ3) is 3.79. The average Bonchev–Trinajstić information content (AvgIpc) is 3.02. The van der Waals surface area contributed by atoms with Gasteiger partial charge in [-0.3, -0.25) is 4.79 Å². The Kier molecular flexibility index (Phi) is 5.29. The minimum atomic E-state index is -0.0620. The molecule has 0 radical (unpaired) electrons. The van der Waals surface area contributed by atoms with Gasteiger partial charge in [-0.2, -0.15) is 0 Å². The van der Waals surface area contributed by atoms with Crippen LogP contribution in [-0.2, 0) is 6.54 Å². The molecule has 0 amide bonds. The predicted octanol–water partition coefficient (Wildman–Crippen LogP) is 4.74. The molecule has 0 fully saturated rings. The number of benzene rings is 2. The molecule has 0 aliphatic rings. The summed E-state index contributed by atoms with van der Waals surface area (Å²) in [5.74, 6) is 1.42.